The lowest BCUT2D eigenvalue weighted by Crippen LogP contribution is -2.41. The summed E-state index contributed by atoms with van der Waals surface area (Å²) in [5, 5.41) is 2.91. The smallest absolute Gasteiger partial charge is 0.248 e. The highest BCUT2D eigenvalue weighted by Gasteiger charge is 2.31. The predicted octanol–water partition coefficient (Wildman–Crippen LogP) is 3.39. The lowest BCUT2D eigenvalue weighted by molar-refractivity contribution is -0.117. The number of hydrogen-bond acceptors (Lipinski definition) is 5. The molecule has 0 spiro atoms. The van der Waals surface area contributed by atoms with Gasteiger partial charge in [0.25, 0.3) is 0 Å². The number of primary amides is 1. The van der Waals surface area contributed by atoms with Gasteiger partial charge in [-0.25, -0.2) is 0 Å². The number of nitrogens with two attached hydrogens (primary N) is 1. The Kier molecular flexibility index (Phi) is 6.60. The molecule has 0 saturated carbocycles. The molecule has 0 unspecified atom stereocenters. The van der Waals surface area contributed by atoms with Crippen molar-refractivity contribution >= 4 is 17.5 Å². The Morgan fingerprint density at radius 2 is 1.67 bits per heavy atom. The van der Waals surface area contributed by atoms with E-state index in [1.807, 2.05) is 30.3 Å². The normalized spacial score (nSPS) is 15.4. The number of carbonyl (C=O) groups is 2. The highest BCUT2D eigenvalue weighted by Crippen LogP contribution is 2.40. The van der Waals surface area contributed by atoms with E-state index in [2.05, 4.69) is 22.3 Å². The summed E-state index contributed by atoms with van der Waals surface area (Å²) >= 11 is 0. The Balaban J connectivity index is 1.61. The van der Waals surface area contributed by atoms with Crippen LogP contribution in [0, 0.1) is 0 Å². The third-order valence-corrected chi connectivity index (χ3v) is 5.89. The molecule has 0 aromatic heterocycles. The molecule has 3 N–H and O–H groups in total. The van der Waals surface area contributed by atoms with Gasteiger partial charge < -0.3 is 20.5 Å². The van der Waals surface area contributed by atoms with E-state index in [1.165, 1.54) is 5.56 Å². The number of ether oxygens (including phenoxy) is 2. The van der Waals surface area contributed by atoms with Gasteiger partial charge in [0.05, 0.1) is 26.8 Å². The van der Waals surface area contributed by atoms with Crippen LogP contribution in [-0.4, -0.2) is 44.0 Å². The third kappa shape index (κ3) is 4.83. The summed E-state index contributed by atoms with van der Waals surface area (Å²) < 4.78 is 11.0. The molecule has 2 amide bonds. The van der Waals surface area contributed by atoms with Crippen LogP contribution in [-0.2, 0) is 11.2 Å². The number of carbonyl (C=O) groups excluding carboxylic acids is 2. The maximum absolute atomic E-state index is 12.9. The molecule has 4 rings (SSSR count). The van der Waals surface area contributed by atoms with Crippen molar-refractivity contribution in [2.45, 2.75) is 12.5 Å². The van der Waals surface area contributed by atoms with Gasteiger partial charge in [-0.15, -0.1) is 0 Å². The van der Waals surface area contributed by atoms with Crippen molar-refractivity contribution in [3.8, 4) is 11.5 Å². The average Bonchev–Trinajstić information content (AvgIpc) is 2.83. The maximum atomic E-state index is 12.9. The van der Waals surface area contributed by atoms with Crippen molar-refractivity contribution in [3.05, 3.63) is 89.0 Å². The van der Waals surface area contributed by atoms with E-state index < -0.39 is 5.91 Å². The van der Waals surface area contributed by atoms with Gasteiger partial charge in [-0.05, 0) is 59.5 Å². The summed E-state index contributed by atoms with van der Waals surface area (Å²) in [6.45, 7) is 0.932. The molecular formula is C26H27N3O4. The second kappa shape index (κ2) is 9.75. The van der Waals surface area contributed by atoms with E-state index >= 15 is 0 Å². The fourth-order valence-electron chi connectivity index (χ4n) is 4.30. The quantitative estimate of drug-likeness (QED) is 0.581. The van der Waals surface area contributed by atoms with Crippen LogP contribution in [0.3, 0.4) is 0 Å². The lowest BCUT2D eigenvalue weighted by Gasteiger charge is -2.37. The number of fused-ring (bicyclic) bond motifs is 1. The van der Waals surface area contributed by atoms with E-state index in [0.29, 0.717) is 22.7 Å². The van der Waals surface area contributed by atoms with Gasteiger partial charge in [-0.2, -0.15) is 0 Å². The molecule has 0 fully saturated rings. The Morgan fingerprint density at radius 1 is 1.00 bits per heavy atom. The fourth-order valence-corrected chi connectivity index (χ4v) is 4.30. The minimum atomic E-state index is -0.502. The van der Waals surface area contributed by atoms with Gasteiger partial charge in [-0.3, -0.25) is 14.5 Å². The molecule has 7 heteroatoms. The van der Waals surface area contributed by atoms with Crippen molar-refractivity contribution in [2.75, 3.05) is 32.6 Å². The van der Waals surface area contributed by atoms with Crippen LogP contribution in [0.1, 0.15) is 33.1 Å². The first-order valence-electron chi connectivity index (χ1n) is 10.7. The van der Waals surface area contributed by atoms with Gasteiger partial charge >= 0.3 is 0 Å². The molecule has 3 aromatic rings. The van der Waals surface area contributed by atoms with E-state index in [-0.39, 0.29) is 18.5 Å². The number of methoxy groups -OCH3 is 2. The van der Waals surface area contributed by atoms with Crippen molar-refractivity contribution in [2.24, 2.45) is 5.73 Å². The maximum Gasteiger partial charge on any atom is 0.248 e. The zero-order valence-electron chi connectivity index (χ0n) is 18.7. The predicted molar refractivity (Wildman–Crippen MR) is 127 cm³/mol. The van der Waals surface area contributed by atoms with Gasteiger partial charge in [0.15, 0.2) is 11.5 Å². The minimum absolute atomic E-state index is 0.0993. The summed E-state index contributed by atoms with van der Waals surface area (Å²) in [6, 6.07) is 20.6. The molecule has 33 heavy (non-hydrogen) atoms. The van der Waals surface area contributed by atoms with Crippen LogP contribution in [0.5, 0.6) is 11.5 Å². The van der Waals surface area contributed by atoms with Crippen LogP contribution >= 0.6 is 0 Å². The van der Waals surface area contributed by atoms with Crippen LogP contribution in [0.25, 0.3) is 0 Å². The van der Waals surface area contributed by atoms with E-state index in [1.54, 1.807) is 38.5 Å². The van der Waals surface area contributed by atoms with Crippen LogP contribution < -0.4 is 20.5 Å². The van der Waals surface area contributed by atoms with Crippen molar-refractivity contribution < 1.29 is 19.1 Å². The second-order valence-corrected chi connectivity index (χ2v) is 7.93. The number of amides is 2. The van der Waals surface area contributed by atoms with Crippen LogP contribution in [0.2, 0.25) is 0 Å². The monoisotopic (exact) mass is 445 g/mol. The fraction of sp³-hybridized carbons (Fsp3) is 0.231. The molecule has 7 nitrogen and oxygen atoms in total. The molecule has 1 heterocycles. The topological polar surface area (TPSA) is 93.9 Å². The molecule has 1 atom stereocenters. The zero-order chi connectivity index (χ0) is 23.4. The summed E-state index contributed by atoms with van der Waals surface area (Å²) in [5.41, 5.74) is 9.68. The zero-order valence-corrected chi connectivity index (χ0v) is 18.7. The lowest BCUT2D eigenvalue weighted by atomic mass is 9.87. The molecule has 0 aliphatic carbocycles. The van der Waals surface area contributed by atoms with Gasteiger partial charge in [-0.1, -0.05) is 30.3 Å². The van der Waals surface area contributed by atoms with Gasteiger partial charge in [0.1, 0.15) is 0 Å². The van der Waals surface area contributed by atoms with E-state index in [4.69, 9.17) is 15.2 Å². The van der Waals surface area contributed by atoms with Gasteiger partial charge in [0, 0.05) is 17.8 Å². The Morgan fingerprint density at radius 3 is 2.30 bits per heavy atom. The Labute approximate surface area is 193 Å². The highest BCUT2D eigenvalue weighted by molar-refractivity contribution is 5.95. The number of nitrogens with one attached hydrogen (secondary N) is 1. The van der Waals surface area contributed by atoms with Crippen molar-refractivity contribution in [1.29, 1.82) is 0 Å². The first-order valence-corrected chi connectivity index (χ1v) is 10.7. The highest BCUT2D eigenvalue weighted by atomic mass is 16.5. The molecule has 0 saturated heterocycles. The number of benzene rings is 3. The summed E-state index contributed by atoms with van der Waals surface area (Å²) in [4.78, 5) is 26.4. The molecule has 0 radical (unpaired) electrons. The van der Waals surface area contributed by atoms with Crippen LogP contribution in [0.15, 0.2) is 66.7 Å². The average molecular weight is 446 g/mol. The number of rotatable bonds is 7. The van der Waals surface area contributed by atoms with Crippen LogP contribution in [0.4, 0.5) is 5.69 Å². The third-order valence-electron chi connectivity index (χ3n) is 5.89. The van der Waals surface area contributed by atoms with E-state index in [0.717, 1.165) is 24.1 Å². The molecule has 3 aromatic carbocycles. The van der Waals surface area contributed by atoms with Gasteiger partial charge in [0.2, 0.25) is 11.8 Å². The van der Waals surface area contributed by atoms with Crippen molar-refractivity contribution in [1.82, 2.24) is 4.90 Å². The summed E-state index contributed by atoms with van der Waals surface area (Å²) in [6.07, 6.45) is 0.791. The van der Waals surface area contributed by atoms with E-state index in [9.17, 15) is 9.59 Å². The number of hydrogen-bond donors (Lipinski definition) is 2. The Hall–Kier alpha value is -3.84. The molecule has 1 aliphatic heterocycles. The minimum Gasteiger partial charge on any atom is -0.493 e. The largest absolute Gasteiger partial charge is 0.493 e. The molecule has 1 aliphatic rings. The SMILES string of the molecule is COc1cc2c(cc1OC)[C@@H](c1ccccc1)N(CC(=O)Nc1ccc(C(N)=O)cc1)CC2. The summed E-state index contributed by atoms with van der Waals surface area (Å²) in [7, 11) is 3.26. The summed E-state index contributed by atoms with van der Waals surface area (Å²) in [5.74, 6) is 0.732. The number of nitrogens with zero attached hydrogens (tertiary/aromatic N) is 1. The first kappa shape index (κ1) is 22.4. The second-order valence-electron chi connectivity index (χ2n) is 7.93. The molecular weight excluding hydrogens is 418 g/mol. The Bertz CT molecular complexity index is 1150. The molecule has 0 bridgehead atoms. The number of anilines is 1. The van der Waals surface area contributed by atoms with Crippen molar-refractivity contribution in [3.63, 3.8) is 0 Å². The first-order chi connectivity index (χ1) is 16.0. The molecule has 170 valence electrons. The standard InChI is InChI=1S/C26H27N3O4/c1-32-22-14-19-12-13-29(16-24(30)28-20-10-8-18(9-11-20)26(27)31)25(17-6-4-3-5-7-17)21(19)15-23(22)33-2/h3-11,14-15,25H,12-13,16H2,1-2H3,(H2,27,31)(H,28,30)/t25-/m1/s1.